The number of rotatable bonds is 3. The number of anilines is 1. The van der Waals surface area contributed by atoms with E-state index in [9.17, 15) is 4.79 Å². The minimum absolute atomic E-state index is 0.129. The fraction of sp³-hybridized carbons (Fsp3) is 0.429. The van der Waals surface area contributed by atoms with Gasteiger partial charge in [-0.25, -0.2) is 0 Å². The Morgan fingerprint density at radius 2 is 2.38 bits per heavy atom. The van der Waals surface area contributed by atoms with E-state index in [0.717, 1.165) is 37.0 Å². The molecule has 0 radical (unpaired) electrons. The number of carbonyl (C=O) groups excluding carboxylic acids is 1. The summed E-state index contributed by atoms with van der Waals surface area (Å²) in [4.78, 5) is 21.1. The first-order chi connectivity index (χ1) is 10.1. The Morgan fingerprint density at radius 3 is 3.05 bits per heavy atom. The lowest BCUT2D eigenvalue weighted by atomic mass is 10.0. The summed E-state index contributed by atoms with van der Waals surface area (Å²) >= 11 is 0. The van der Waals surface area contributed by atoms with Crippen LogP contribution in [0, 0.1) is 0 Å². The Bertz CT molecular complexity index is 681. The molecule has 0 aromatic carbocycles. The molecule has 1 saturated heterocycles. The van der Waals surface area contributed by atoms with E-state index in [0.29, 0.717) is 17.1 Å². The molecule has 0 spiro atoms. The number of nitrogens with zero attached hydrogens (tertiary/aromatic N) is 2. The molecule has 1 aliphatic rings. The normalized spacial score (nSPS) is 19.0. The largest absolute Gasteiger partial charge is 0.481 e. The number of carbonyl (C=O) groups is 1. The summed E-state index contributed by atoms with van der Waals surface area (Å²) in [5, 5.41) is 0.734. The highest BCUT2D eigenvalue weighted by molar-refractivity contribution is 6.10. The van der Waals surface area contributed by atoms with Crippen LogP contribution in [0.4, 0.5) is 5.69 Å². The van der Waals surface area contributed by atoms with Gasteiger partial charge in [0.25, 0.3) is 5.91 Å². The number of piperidine rings is 1. The summed E-state index contributed by atoms with van der Waals surface area (Å²) in [6, 6.07) is 1.96. The summed E-state index contributed by atoms with van der Waals surface area (Å²) in [6.45, 7) is 1.63. The van der Waals surface area contributed by atoms with Crippen molar-refractivity contribution in [3.8, 4) is 5.88 Å². The van der Waals surface area contributed by atoms with Crippen molar-refractivity contribution in [1.82, 2.24) is 9.97 Å². The van der Waals surface area contributed by atoms with E-state index in [2.05, 4.69) is 14.9 Å². The molecule has 1 aliphatic heterocycles. The highest BCUT2D eigenvalue weighted by atomic mass is 16.5. The predicted octanol–water partition coefficient (Wildman–Crippen LogP) is 0.598. The monoisotopic (exact) mass is 289 g/mol. The number of nitrogens with one attached hydrogen (secondary N) is 1. The molecule has 3 heterocycles. The van der Waals surface area contributed by atoms with Crippen LogP contribution in [0.3, 0.4) is 0 Å². The van der Waals surface area contributed by atoms with Crippen LogP contribution in [0.2, 0.25) is 0 Å². The van der Waals surface area contributed by atoms with E-state index in [-0.39, 0.29) is 6.04 Å². The van der Waals surface area contributed by atoms with Gasteiger partial charge in [-0.05, 0) is 12.8 Å². The number of hydrogen-bond donors (Lipinski definition) is 3. The number of aromatic nitrogens is 2. The number of ether oxygens (including phenoxy) is 1. The van der Waals surface area contributed by atoms with Gasteiger partial charge >= 0.3 is 0 Å². The summed E-state index contributed by atoms with van der Waals surface area (Å²) in [7, 11) is 1.57. The number of nitrogens with two attached hydrogens (primary N) is 2. The highest BCUT2D eigenvalue weighted by Crippen LogP contribution is 2.33. The van der Waals surface area contributed by atoms with E-state index >= 15 is 0 Å². The Morgan fingerprint density at radius 1 is 1.57 bits per heavy atom. The number of primary amides is 1. The van der Waals surface area contributed by atoms with Gasteiger partial charge in [0.1, 0.15) is 5.65 Å². The second-order valence-corrected chi connectivity index (χ2v) is 5.32. The third kappa shape index (κ3) is 2.40. The SMILES string of the molecule is COc1cc(N2CCC[C@@H](N)C2)c2c(C(N)=O)c[nH]c2n1. The van der Waals surface area contributed by atoms with Crippen LogP contribution < -0.4 is 21.1 Å². The fourth-order valence-corrected chi connectivity index (χ4v) is 2.87. The first kappa shape index (κ1) is 13.7. The number of hydrogen-bond acceptors (Lipinski definition) is 5. The Balaban J connectivity index is 2.17. The van der Waals surface area contributed by atoms with Crippen LogP contribution in [0.25, 0.3) is 11.0 Å². The van der Waals surface area contributed by atoms with Gasteiger partial charge in [0.05, 0.1) is 23.7 Å². The second kappa shape index (κ2) is 5.25. The van der Waals surface area contributed by atoms with Crippen LogP contribution >= 0.6 is 0 Å². The Kier molecular flexibility index (Phi) is 3.42. The third-order valence-electron chi connectivity index (χ3n) is 3.87. The van der Waals surface area contributed by atoms with Crippen molar-refractivity contribution >= 4 is 22.6 Å². The zero-order valence-electron chi connectivity index (χ0n) is 11.9. The topological polar surface area (TPSA) is 110 Å². The van der Waals surface area contributed by atoms with Crippen molar-refractivity contribution in [3.05, 3.63) is 17.8 Å². The van der Waals surface area contributed by atoms with Gasteiger partial charge in [-0.3, -0.25) is 4.79 Å². The maximum Gasteiger partial charge on any atom is 0.251 e. The van der Waals surface area contributed by atoms with Crippen molar-refractivity contribution in [2.24, 2.45) is 11.5 Å². The number of methoxy groups -OCH3 is 1. The average molecular weight is 289 g/mol. The molecule has 2 aromatic rings. The summed E-state index contributed by atoms with van der Waals surface area (Å²) in [5.41, 5.74) is 13.4. The third-order valence-corrected chi connectivity index (χ3v) is 3.87. The quantitative estimate of drug-likeness (QED) is 0.766. The molecule has 1 atom stereocenters. The molecular formula is C14H19N5O2. The molecule has 1 fully saturated rings. The molecule has 112 valence electrons. The van der Waals surface area contributed by atoms with Gasteiger partial charge in [0.15, 0.2) is 0 Å². The molecule has 7 nitrogen and oxygen atoms in total. The van der Waals surface area contributed by atoms with Gasteiger partial charge in [0.2, 0.25) is 5.88 Å². The highest BCUT2D eigenvalue weighted by Gasteiger charge is 2.23. The van der Waals surface area contributed by atoms with E-state index in [1.165, 1.54) is 0 Å². The molecule has 0 bridgehead atoms. The Hall–Kier alpha value is -2.28. The van der Waals surface area contributed by atoms with Crippen molar-refractivity contribution in [2.45, 2.75) is 18.9 Å². The standard InChI is InChI=1S/C14H19N5O2/c1-21-11-5-10(19-4-2-3-8(15)7-19)12-9(13(16)20)6-17-14(12)18-11/h5-6,8H,2-4,7,15H2,1H3,(H2,16,20)(H,17,18)/t8-/m1/s1. The van der Waals surface area contributed by atoms with E-state index in [1.807, 2.05) is 6.07 Å². The molecule has 21 heavy (non-hydrogen) atoms. The van der Waals surface area contributed by atoms with Crippen LogP contribution in [0.5, 0.6) is 5.88 Å². The number of pyridine rings is 1. The molecule has 7 heteroatoms. The molecule has 0 aliphatic carbocycles. The first-order valence-electron chi connectivity index (χ1n) is 6.96. The number of aromatic amines is 1. The van der Waals surface area contributed by atoms with E-state index in [1.54, 1.807) is 13.3 Å². The number of H-pyrrole nitrogens is 1. The molecular weight excluding hydrogens is 270 g/mol. The molecule has 1 amide bonds. The fourth-order valence-electron chi connectivity index (χ4n) is 2.87. The maximum atomic E-state index is 11.6. The second-order valence-electron chi connectivity index (χ2n) is 5.32. The summed E-state index contributed by atoms with van der Waals surface area (Å²) in [6.07, 6.45) is 3.62. The van der Waals surface area contributed by atoms with E-state index < -0.39 is 5.91 Å². The summed E-state index contributed by atoms with van der Waals surface area (Å²) in [5.74, 6) is 0.0188. The van der Waals surface area contributed by atoms with Crippen molar-refractivity contribution in [2.75, 3.05) is 25.1 Å². The van der Waals surface area contributed by atoms with Crippen molar-refractivity contribution in [3.63, 3.8) is 0 Å². The van der Waals surface area contributed by atoms with Gasteiger partial charge < -0.3 is 26.1 Å². The lowest BCUT2D eigenvalue weighted by Gasteiger charge is -2.33. The van der Waals surface area contributed by atoms with Crippen LogP contribution in [0.15, 0.2) is 12.3 Å². The molecule has 2 aromatic heterocycles. The van der Waals surface area contributed by atoms with Crippen LogP contribution in [-0.2, 0) is 0 Å². The van der Waals surface area contributed by atoms with Crippen LogP contribution in [0.1, 0.15) is 23.2 Å². The maximum absolute atomic E-state index is 11.6. The lowest BCUT2D eigenvalue weighted by Crippen LogP contribution is -2.43. The zero-order valence-corrected chi connectivity index (χ0v) is 11.9. The predicted molar refractivity (Wildman–Crippen MR) is 80.6 cm³/mol. The first-order valence-corrected chi connectivity index (χ1v) is 6.96. The van der Waals surface area contributed by atoms with Gasteiger partial charge in [0, 0.05) is 31.4 Å². The van der Waals surface area contributed by atoms with E-state index in [4.69, 9.17) is 16.2 Å². The van der Waals surface area contributed by atoms with Gasteiger partial charge in [-0.2, -0.15) is 4.98 Å². The average Bonchev–Trinajstić information content (AvgIpc) is 2.90. The van der Waals surface area contributed by atoms with Gasteiger partial charge in [-0.15, -0.1) is 0 Å². The summed E-state index contributed by atoms with van der Waals surface area (Å²) < 4.78 is 5.25. The number of fused-ring (bicyclic) bond motifs is 1. The molecule has 0 unspecified atom stereocenters. The van der Waals surface area contributed by atoms with Gasteiger partial charge in [-0.1, -0.05) is 0 Å². The van der Waals surface area contributed by atoms with Crippen LogP contribution in [-0.4, -0.2) is 42.1 Å². The smallest absolute Gasteiger partial charge is 0.251 e. The zero-order chi connectivity index (χ0) is 15.0. The number of amides is 1. The minimum Gasteiger partial charge on any atom is -0.481 e. The molecule has 3 rings (SSSR count). The minimum atomic E-state index is -0.476. The molecule has 0 saturated carbocycles. The van der Waals surface area contributed by atoms with Crippen molar-refractivity contribution in [1.29, 1.82) is 0 Å². The Labute approximate surface area is 122 Å². The molecule has 5 N–H and O–H groups in total. The lowest BCUT2D eigenvalue weighted by molar-refractivity contribution is 0.100. The van der Waals surface area contributed by atoms with Crippen molar-refractivity contribution < 1.29 is 9.53 Å².